The van der Waals surface area contributed by atoms with Crippen molar-refractivity contribution in [3.05, 3.63) is 199 Å². The van der Waals surface area contributed by atoms with Crippen molar-refractivity contribution in [1.82, 2.24) is 9.13 Å². The molecule has 0 bridgehead atoms. The van der Waals surface area contributed by atoms with Crippen LogP contribution < -0.4 is 4.90 Å². The molecule has 4 heterocycles. The van der Waals surface area contributed by atoms with E-state index in [9.17, 15) is 0 Å². The lowest BCUT2D eigenvalue weighted by molar-refractivity contribution is 1.12. The number of hydrogen-bond donors (Lipinski definition) is 0. The fourth-order valence-corrected chi connectivity index (χ4v) is 10.2. The SMILES string of the molecule is CC/C=C\C1=C(C)Sc2ccccc2-c2c1c1ccccc1n2-c1cccc(N2c3ccccc3-c3c(n(-c4ccccc4)c4ccccc34)-c3ccccc32)c1. The Morgan fingerprint density at radius 2 is 1.04 bits per heavy atom. The summed E-state index contributed by atoms with van der Waals surface area (Å²) in [6, 6.07) is 64.5. The van der Waals surface area contributed by atoms with Crippen molar-refractivity contribution in [3.63, 3.8) is 0 Å². The molecular formula is C53H39N3S. The van der Waals surface area contributed by atoms with E-state index < -0.39 is 0 Å². The number of anilines is 3. The highest BCUT2D eigenvalue weighted by atomic mass is 32.2. The van der Waals surface area contributed by atoms with Crippen LogP contribution in [0.2, 0.25) is 0 Å². The molecule has 0 amide bonds. The van der Waals surface area contributed by atoms with Crippen molar-refractivity contribution < 1.29 is 0 Å². The molecule has 2 aliphatic rings. The molecule has 0 radical (unpaired) electrons. The molecule has 7 aromatic carbocycles. The highest BCUT2D eigenvalue weighted by molar-refractivity contribution is 8.03. The minimum Gasteiger partial charge on any atom is -0.309 e. The van der Waals surface area contributed by atoms with E-state index in [1.807, 2.05) is 11.8 Å². The molecule has 2 aromatic heterocycles. The van der Waals surface area contributed by atoms with Gasteiger partial charge in [0.15, 0.2) is 0 Å². The van der Waals surface area contributed by atoms with E-state index in [2.05, 4.69) is 216 Å². The predicted molar refractivity (Wildman–Crippen MR) is 243 cm³/mol. The second-order valence-corrected chi connectivity index (χ2v) is 16.0. The number of allylic oxidation sites excluding steroid dienone is 4. The largest absolute Gasteiger partial charge is 0.309 e. The van der Waals surface area contributed by atoms with Crippen molar-refractivity contribution in [2.24, 2.45) is 0 Å². The average Bonchev–Trinajstić information content (AvgIpc) is 3.70. The van der Waals surface area contributed by atoms with Gasteiger partial charge in [0.2, 0.25) is 0 Å². The quantitative estimate of drug-likeness (QED) is 0.174. The third-order valence-corrected chi connectivity index (χ3v) is 12.6. The van der Waals surface area contributed by atoms with Gasteiger partial charge in [-0.15, -0.1) is 0 Å². The van der Waals surface area contributed by atoms with Crippen molar-refractivity contribution >= 4 is 56.2 Å². The molecule has 11 rings (SSSR count). The van der Waals surface area contributed by atoms with Crippen LogP contribution in [0.1, 0.15) is 25.8 Å². The molecule has 0 spiro atoms. The van der Waals surface area contributed by atoms with Crippen LogP contribution in [-0.4, -0.2) is 9.13 Å². The maximum atomic E-state index is 2.51. The van der Waals surface area contributed by atoms with Crippen LogP contribution in [0.4, 0.5) is 17.1 Å². The zero-order valence-electron chi connectivity index (χ0n) is 31.9. The summed E-state index contributed by atoms with van der Waals surface area (Å²) < 4.78 is 4.96. The Morgan fingerprint density at radius 1 is 0.491 bits per heavy atom. The van der Waals surface area contributed by atoms with Crippen molar-refractivity contribution in [2.45, 2.75) is 25.2 Å². The normalized spacial score (nSPS) is 13.3. The molecule has 2 aliphatic heterocycles. The van der Waals surface area contributed by atoms with Crippen LogP contribution >= 0.6 is 11.8 Å². The summed E-state index contributed by atoms with van der Waals surface area (Å²) in [5.41, 5.74) is 18.0. The molecule has 0 saturated carbocycles. The van der Waals surface area contributed by atoms with Gasteiger partial charge in [-0.25, -0.2) is 0 Å². The van der Waals surface area contributed by atoms with E-state index in [-0.39, 0.29) is 0 Å². The summed E-state index contributed by atoms with van der Waals surface area (Å²) in [4.78, 5) is 5.06. The van der Waals surface area contributed by atoms with Crippen LogP contribution in [0.15, 0.2) is 198 Å². The van der Waals surface area contributed by atoms with Gasteiger partial charge in [-0.3, -0.25) is 0 Å². The second-order valence-electron chi connectivity index (χ2n) is 14.8. The first-order valence-electron chi connectivity index (χ1n) is 19.8. The molecule has 57 heavy (non-hydrogen) atoms. The van der Waals surface area contributed by atoms with Crippen molar-refractivity contribution in [1.29, 1.82) is 0 Å². The van der Waals surface area contributed by atoms with Gasteiger partial charge in [0.1, 0.15) is 0 Å². The zero-order chi connectivity index (χ0) is 38.0. The first-order valence-corrected chi connectivity index (χ1v) is 20.6. The van der Waals surface area contributed by atoms with Gasteiger partial charge in [-0.2, -0.15) is 0 Å². The second kappa shape index (κ2) is 13.5. The van der Waals surface area contributed by atoms with Gasteiger partial charge >= 0.3 is 0 Å². The molecule has 3 nitrogen and oxygen atoms in total. The standard InChI is InChI=1S/C53H39N3S/c1-3-4-23-39-35(2)57-49-33-17-12-28-44(49)53-50(39)41-25-9-15-31-47(41)56(53)38-22-18-21-37(34-38)54-45-29-13-8-24-40(45)51-42-26-10-14-30-46(42)55(36-19-6-5-7-20-36)52(51)43-27-11-16-32-48(43)54/h4-34H,3H2,1-2H3/b23-4-. The molecule has 0 atom stereocenters. The number of aromatic nitrogens is 2. The third kappa shape index (κ3) is 5.14. The summed E-state index contributed by atoms with van der Waals surface area (Å²) >= 11 is 1.88. The number of para-hydroxylation sites is 5. The zero-order valence-corrected chi connectivity index (χ0v) is 32.7. The summed E-state index contributed by atoms with van der Waals surface area (Å²) in [6.45, 7) is 4.48. The highest BCUT2D eigenvalue weighted by Crippen LogP contribution is 2.55. The Labute approximate surface area is 337 Å². The first kappa shape index (κ1) is 33.6. The van der Waals surface area contributed by atoms with Crippen molar-refractivity contribution in [3.8, 4) is 45.0 Å². The van der Waals surface area contributed by atoms with Crippen LogP contribution in [0.25, 0.3) is 72.4 Å². The third-order valence-electron chi connectivity index (χ3n) is 11.5. The number of nitrogens with zero attached hydrogens (tertiary/aromatic N) is 3. The summed E-state index contributed by atoms with van der Waals surface area (Å²) in [6.07, 6.45) is 5.62. The number of rotatable bonds is 5. The Morgan fingerprint density at radius 3 is 1.79 bits per heavy atom. The Kier molecular flexibility index (Phi) is 7.94. The van der Waals surface area contributed by atoms with E-state index in [1.54, 1.807) is 0 Å². The fraction of sp³-hybridized carbons (Fsp3) is 0.0566. The lowest BCUT2D eigenvalue weighted by Gasteiger charge is -2.28. The van der Waals surface area contributed by atoms with E-state index in [0.29, 0.717) is 0 Å². The van der Waals surface area contributed by atoms with Crippen molar-refractivity contribution in [2.75, 3.05) is 4.90 Å². The molecule has 0 N–H and O–H groups in total. The van der Waals surface area contributed by atoms with E-state index in [0.717, 1.165) is 34.9 Å². The Bertz CT molecular complexity index is 3100. The molecule has 4 heteroatoms. The van der Waals surface area contributed by atoms with Crippen LogP contribution in [0.5, 0.6) is 0 Å². The van der Waals surface area contributed by atoms with Gasteiger partial charge in [0.05, 0.1) is 33.8 Å². The summed E-state index contributed by atoms with van der Waals surface area (Å²) in [5, 5.41) is 2.50. The number of hydrogen-bond acceptors (Lipinski definition) is 2. The van der Waals surface area contributed by atoms with Gasteiger partial charge in [0, 0.05) is 60.5 Å². The molecule has 0 aliphatic carbocycles. The Hall–Kier alpha value is -6.75. The molecule has 0 saturated heterocycles. The van der Waals surface area contributed by atoms with Gasteiger partial charge in [-0.1, -0.05) is 146 Å². The van der Waals surface area contributed by atoms with Crippen LogP contribution in [0.3, 0.4) is 0 Å². The van der Waals surface area contributed by atoms with Crippen LogP contribution in [0, 0.1) is 0 Å². The molecule has 0 unspecified atom stereocenters. The van der Waals surface area contributed by atoms with Gasteiger partial charge in [-0.05, 0) is 84.5 Å². The average molecular weight is 750 g/mol. The van der Waals surface area contributed by atoms with Gasteiger partial charge < -0.3 is 14.0 Å². The molecular weight excluding hydrogens is 711 g/mol. The highest BCUT2D eigenvalue weighted by Gasteiger charge is 2.32. The maximum Gasteiger partial charge on any atom is 0.0641 e. The van der Waals surface area contributed by atoms with E-state index in [4.69, 9.17) is 0 Å². The Balaban J connectivity index is 1.20. The summed E-state index contributed by atoms with van der Waals surface area (Å²) in [7, 11) is 0. The number of benzene rings is 7. The first-order chi connectivity index (χ1) is 28.2. The number of fused-ring (bicyclic) bond motifs is 12. The minimum absolute atomic E-state index is 0.982. The van der Waals surface area contributed by atoms with Gasteiger partial charge in [0.25, 0.3) is 0 Å². The predicted octanol–water partition coefficient (Wildman–Crippen LogP) is 15.2. The lowest BCUT2D eigenvalue weighted by Crippen LogP contribution is -2.12. The maximum absolute atomic E-state index is 2.51. The molecule has 9 aromatic rings. The summed E-state index contributed by atoms with van der Waals surface area (Å²) in [5.74, 6) is 0. The van der Waals surface area contributed by atoms with Crippen LogP contribution in [-0.2, 0) is 0 Å². The monoisotopic (exact) mass is 749 g/mol. The fourth-order valence-electron chi connectivity index (χ4n) is 9.16. The van der Waals surface area contributed by atoms with E-state index >= 15 is 0 Å². The lowest BCUT2D eigenvalue weighted by atomic mass is 9.97. The topological polar surface area (TPSA) is 13.1 Å². The molecule has 272 valence electrons. The number of thioether (sulfide) groups is 1. The smallest absolute Gasteiger partial charge is 0.0641 e. The minimum atomic E-state index is 0.982. The molecule has 0 fully saturated rings. The van der Waals surface area contributed by atoms with E-state index in [1.165, 1.54) is 76.4 Å².